The topological polar surface area (TPSA) is 98.7 Å². The van der Waals surface area contributed by atoms with Gasteiger partial charge in [0.2, 0.25) is 0 Å². The third-order valence-corrected chi connectivity index (χ3v) is 7.88. The van der Waals surface area contributed by atoms with E-state index in [4.69, 9.17) is 0 Å². The van der Waals surface area contributed by atoms with Gasteiger partial charge in [-0.15, -0.1) is 22.7 Å². The van der Waals surface area contributed by atoms with Crippen LogP contribution in [-0.4, -0.2) is 40.9 Å². The summed E-state index contributed by atoms with van der Waals surface area (Å²) in [6.07, 6.45) is 3.82. The maximum Gasteiger partial charge on any atom is 0.333 e. The van der Waals surface area contributed by atoms with Crippen molar-refractivity contribution >= 4 is 92.7 Å². The predicted octanol–water partition coefficient (Wildman–Crippen LogP) is 7.10. The molecular weight excluding hydrogens is 768 g/mol. The number of aldehydes is 1. The molecule has 0 amide bonds. The van der Waals surface area contributed by atoms with E-state index < -0.39 is 19.2 Å². The third kappa shape index (κ3) is 8.87. The minimum atomic E-state index is -2.72. The van der Waals surface area contributed by atoms with Crippen molar-refractivity contribution in [2.24, 2.45) is 0 Å². The predicted molar refractivity (Wildman–Crippen MR) is 131 cm³/mol. The molecule has 0 radical (unpaired) electrons. The number of aliphatic hydroxyl groups excluding tert-OH is 1. The Morgan fingerprint density at radius 3 is 1.91 bits per heavy atom. The van der Waals surface area contributed by atoms with Gasteiger partial charge in [-0.05, 0) is 63.7 Å². The normalized spacial score (nSPS) is 11.6. The van der Waals surface area contributed by atoms with Gasteiger partial charge in [0.25, 0.3) is 0 Å². The quantitative estimate of drug-likeness (QED) is 0.172. The van der Waals surface area contributed by atoms with Crippen LogP contribution in [0, 0.1) is 0 Å². The van der Waals surface area contributed by atoms with Crippen LogP contribution in [0.25, 0.3) is 0 Å². The minimum Gasteiger partial charge on any atom is -0.383 e. The van der Waals surface area contributed by atoms with Crippen LogP contribution >= 0.6 is 86.4 Å². The molecule has 4 aromatic heterocycles. The molecule has 1 unspecified atom stereocenters. The van der Waals surface area contributed by atoms with Crippen LogP contribution in [0.2, 0.25) is 0 Å². The van der Waals surface area contributed by atoms with Crippen LogP contribution in [0.3, 0.4) is 0 Å². The van der Waals surface area contributed by atoms with Crippen molar-refractivity contribution < 1.29 is 27.5 Å². The average molecular weight is 778 g/mol. The lowest BCUT2D eigenvalue weighted by Gasteiger charge is -2.05. The highest BCUT2D eigenvalue weighted by Gasteiger charge is 2.20. The van der Waals surface area contributed by atoms with Gasteiger partial charge in [-0.3, -0.25) is 4.79 Å². The zero-order valence-corrected chi connectivity index (χ0v) is 24.1. The fourth-order valence-electron chi connectivity index (χ4n) is 1.96. The molecule has 0 aliphatic heterocycles. The zero-order valence-electron chi connectivity index (χ0n) is 16.1. The molecular formula is C16H10Br4F4N6O2S2. The summed E-state index contributed by atoms with van der Waals surface area (Å²) >= 11 is 15.6. The summed E-state index contributed by atoms with van der Waals surface area (Å²) in [5, 5.41) is 18.6. The Bertz CT molecular complexity index is 1190. The molecule has 4 heterocycles. The molecule has 34 heavy (non-hydrogen) atoms. The first-order valence-corrected chi connectivity index (χ1v) is 13.2. The van der Waals surface area contributed by atoms with E-state index in [9.17, 15) is 27.5 Å². The van der Waals surface area contributed by atoms with Gasteiger partial charge in [-0.25, -0.2) is 19.3 Å². The highest BCUT2D eigenvalue weighted by Crippen LogP contribution is 2.35. The summed E-state index contributed by atoms with van der Waals surface area (Å²) in [4.78, 5) is 18.5. The SMILES string of the molecule is Brc1csc(Br)n1.O=Cc1cnn(C(F)F)c1.OC(c1cnn(C(F)F)c1)c1sc(Br)nc1Br. The molecule has 4 rings (SSSR count). The highest BCUT2D eigenvalue weighted by atomic mass is 79.9. The summed E-state index contributed by atoms with van der Waals surface area (Å²) in [7, 11) is 0. The Morgan fingerprint density at radius 1 is 0.941 bits per heavy atom. The van der Waals surface area contributed by atoms with E-state index in [1.54, 1.807) is 11.3 Å². The molecule has 0 aliphatic carbocycles. The number of nitrogens with zero attached hydrogens (tertiary/aromatic N) is 6. The van der Waals surface area contributed by atoms with Gasteiger partial charge in [0, 0.05) is 23.3 Å². The molecule has 18 heteroatoms. The molecule has 184 valence electrons. The molecule has 0 fully saturated rings. The van der Waals surface area contributed by atoms with E-state index >= 15 is 0 Å². The van der Waals surface area contributed by atoms with E-state index in [0.717, 1.165) is 27.1 Å². The van der Waals surface area contributed by atoms with Crippen LogP contribution in [0.15, 0.2) is 47.2 Å². The molecule has 0 aromatic carbocycles. The van der Waals surface area contributed by atoms with Crippen LogP contribution in [0.1, 0.15) is 40.0 Å². The van der Waals surface area contributed by atoms with Gasteiger partial charge in [0.05, 0.1) is 22.8 Å². The number of halogens is 8. The van der Waals surface area contributed by atoms with Gasteiger partial charge in [-0.1, -0.05) is 0 Å². The van der Waals surface area contributed by atoms with Crippen molar-refractivity contribution in [2.45, 2.75) is 19.2 Å². The number of aromatic nitrogens is 6. The standard InChI is InChI=1S/C8H5Br2F2N3OS.C5H4F2N2O.C3HBr2NS/c9-6-5(17-7(10)14-6)4(16)3-1-13-15(2-3)8(11)12;6-5(7)9-2-4(3-10)1-8-9;4-2-1-7-3(5)6-2/h1-2,4,8,16H;1-3,5H;1H. The first kappa shape index (κ1) is 29.2. The molecule has 1 atom stereocenters. The Morgan fingerprint density at radius 2 is 1.56 bits per heavy atom. The van der Waals surface area contributed by atoms with Crippen LogP contribution in [0.4, 0.5) is 17.6 Å². The van der Waals surface area contributed by atoms with E-state index in [1.165, 1.54) is 17.5 Å². The van der Waals surface area contributed by atoms with Crippen molar-refractivity contribution in [1.82, 2.24) is 29.5 Å². The Balaban J connectivity index is 0.000000202. The molecule has 8 nitrogen and oxygen atoms in total. The van der Waals surface area contributed by atoms with Crippen molar-refractivity contribution in [3.63, 3.8) is 0 Å². The second-order valence-corrected chi connectivity index (χ2v) is 11.6. The van der Waals surface area contributed by atoms with E-state index in [0.29, 0.717) is 34.6 Å². The Labute approximate surface area is 230 Å². The van der Waals surface area contributed by atoms with Crippen molar-refractivity contribution in [3.8, 4) is 0 Å². The van der Waals surface area contributed by atoms with Gasteiger partial charge < -0.3 is 5.11 Å². The lowest BCUT2D eigenvalue weighted by Crippen LogP contribution is -1.99. The molecule has 0 spiro atoms. The number of aliphatic hydroxyl groups is 1. The molecule has 4 aromatic rings. The maximum absolute atomic E-state index is 12.3. The van der Waals surface area contributed by atoms with Crippen molar-refractivity contribution in [3.05, 3.63) is 63.2 Å². The minimum absolute atomic E-state index is 0.153. The summed E-state index contributed by atoms with van der Waals surface area (Å²) in [6.45, 7) is -5.39. The van der Waals surface area contributed by atoms with E-state index in [1.807, 2.05) is 5.38 Å². The lowest BCUT2D eigenvalue weighted by molar-refractivity contribution is 0.0560. The van der Waals surface area contributed by atoms with Gasteiger partial charge in [0.1, 0.15) is 15.3 Å². The summed E-state index contributed by atoms with van der Waals surface area (Å²) in [5.74, 6) is 0. The average Bonchev–Trinajstić information content (AvgIpc) is 3.56. The second-order valence-electron chi connectivity index (χ2n) is 5.63. The lowest BCUT2D eigenvalue weighted by atomic mass is 10.2. The summed E-state index contributed by atoms with van der Waals surface area (Å²) in [5.41, 5.74) is 0.447. The van der Waals surface area contributed by atoms with E-state index in [-0.39, 0.29) is 5.56 Å². The molecule has 1 N–H and O–H groups in total. The van der Waals surface area contributed by atoms with Crippen LogP contribution < -0.4 is 0 Å². The number of carbonyl (C=O) groups excluding carboxylic acids is 1. The van der Waals surface area contributed by atoms with Gasteiger partial charge >= 0.3 is 13.1 Å². The number of rotatable bonds is 5. The van der Waals surface area contributed by atoms with Crippen LogP contribution in [0.5, 0.6) is 0 Å². The molecule has 0 bridgehead atoms. The van der Waals surface area contributed by atoms with Crippen molar-refractivity contribution in [2.75, 3.05) is 0 Å². The second kappa shape index (κ2) is 13.9. The third-order valence-electron chi connectivity index (χ3n) is 3.37. The fraction of sp³-hybridized carbons (Fsp3) is 0.188. The largest absolute Gasteiger partial charge is 0.383 e. The number of thiazole rings is 2. The zero-order chi connectivity index (χ0) is 25.4. The summed E-state index contributed by atoms with van der Waals surface area (Å²) in [6, 6.07) is 0. The summed E-state index contributed by atoms with van der Waals surface area (Å²) < 4.78 is 51.8. The first-order valence-electron chi connectivity index (χ1n) is 8.37. The smallest absolute Gasteiger partial charge is 0.333 e. The molecule has 0 saturated carbocycles. The van der Waals surface area contributed by atoms with Gasteiger partial charge in [-0.2, -0.15) is 27.8 Å². The Hall–Kier alpha value is -1.05. The number of carbonyl (C=O) groups is 1. The van der Waals surface area contributed by atoms with Crippen molar-refractivity contribution in [1.29, 1.82) is 0 Å². The molecule has 0 saturated heterocycles. The molecule has 0 aliphatic rings. The number of hydrogen-bond donors (Lipinski definition) is 1. The highest BCUT2D eigenvalue weighted by molar-refractivity contribution is 9.11. The van der Waals surface area contributed by atoms with E-state index in [2.05, 4.69) is 83.9 Å². The maximum atomic E-state index is 12.3. The van der Waals surface area contributed by atoms with Gasteiger partial charge in [0.15, 0.2) is 14.1 Å². The number of hydrogen-bond acceptors (Lipinski definition) is 8. The first-order chi connectivity index (χ1) is 16.0. The fourth-order valence-corrected chi connectivity index (χ4v) is 6.03. The Kier molecular flexibility index (Phi) is 11.9. The monoisotopic (exact) mass is 774 g/mol. The van der Waals surface area contributed by atoms with Crippen LogP contribution in [-0.2, 0) is 0 Å². The number of alkyl halides is 4.